The van der Waals surface area contributed by atoms with Crippen LogP contribution in [0.5, 0.6) is 0 Å². The van der Waals surface area contributed by atoms with Gasteiger partial charge >= 0.3 is 0 Å². The van der Waals surface area contributed by atoms with E-state index in [4.69, 9.17) is 11.5 Å². The molecule has 0 aliphatic carbocycles. The van der Waals surface area contributed by atoms with Gasteiger partial charge < -0.3 is 16.8 Å². The van der Waals surface area contributed by atoms with Gasteiger partial charge in [-0.05, 0) is 32.2 Å². The Hall–Kier alpha value is -0.870. The van der Waals surface area contributed by atoms with Crippen molar-refractivity contribution in [2.45, 2.75) is 44.7 Å². The van der Waals surface area contributed by atoms with Gasteiger partial charge in [-0.2, -0.15) is 0 Å². The molecule has 0 saturated heterocycles. The average molecular weight is 213 g/mol. The first kappa shape index (κ1) is 14.1. The summed E-state index contributed by atoms with van der Waals surface area (Å²) in [7, 11) is 0. The van der Waals surface area contributed by atoms with Gasteiger partial charge in [-0.15, -0.1) is 6.58 Å². The van der Waals surface area contributed by atoms with E-state index in [9.17, 15) is 4.79 Å². The molecular weight excluding hydrogens is 190 g/mol. The molecule has 0 aromatic heterocycles. The molecule has 0 aliphatic rings. The summed E-state index contributed by atoms with van der Waals surface area (Å²) in [5, 5.41) is 2.85. The lowest BCUT2D eigenvalue weighted by atomic mass is 10.1. The molecule has 0 radical (unpaired) electrons. The Morgan fingerprint density at radius 3 is 2.67 bits per heavy atom. The van der Waals surface area contributed by atoms with Crippen LogP contribution in [0.3, 0.4) is 0 Å². The normalized spacial score (nSPS) is 14.3. The molecule has 0 heterocycles. The number of amides is 1. The van der Waals surface area contributed by atoms with Crippen molar-refractivity contribution in [3.05, 3.63) is 12.7 Å². The molecular formula is C11H23N3O. The highest BCUT2D eigenvalue weighted by atomic mass is 16.2. The minimum absolute atomic E-state index is 0.0154. The zero-order valence-corrected chi connectivity index (χ0v) is 9.54. The lowest BCUT2D eigenvalue weighted by Crippen LogP contribution is -2.44. The molecule has 0 fully saturated rings. The third-order valence-electron chi connectivity index (χ3n) is 2.36. The second kappa shape index (κ2) is 8.44. The summed E-state index contributed by atoms with van der Waals surface area (Å²) in [5.41, 5.74) is 11.0. The van der Waals surface area contributed by atoms with Gasteiger partial charge in [0.05, 0.1) is 6.04 Å². The van der Waals surface area contributed by atoms with E-state index in [2.05, 4.69) is 11.9 Å². The van der Waals surface area contributed by atoms with E-state index in [0.29, 0.717) is 13.0 Å². The number of nitrogens with two attached hydrogens (primary N) is 2. The minimum atomic E-state index is -0.415. The van der Waals surface area contributed by atoms with Crippen LogP contribution >= 0.6 is 0 Å². The molecule has 15 heavy (non-hydrogen) atoms. The molecule has 88 valence electrons. The maximum absolute atomic E-state index is 11.5. The highest BCUT2D eigenvalue weighted by Gasteiger charge is 2.13. The van der Waals surface area contributed by atoms with E-state index < -0.39 is 6.04 Å². The zero-order valence-electron chi connectivity index (χ0n) is 9.54. The molecule has 0 saturated carbocycles. The molecule has 4 nitrogen and oxygen atoms in total. The van der Waals surface area contributed by atoms with Crippen LogP contribution in [0.4, 0.5) is 0 Å². The van der Waals surface area contributed by atoms with Crippen LogP contribution in [0.2, 0.25) is 0 Å². The molecule has 2 unspecified atom stereocenters. The quantitative estimate of drug-likeness (QED) is 0.406. The van der Waals surface area contributed by atoms with Crippen molar-refractivity contribution in [2.24, 2.45) is 11.5 Å². The first-order chi connectivity index (χ1) is 7.15. The Bertz CT molecular complexity index is 194. The van der Waals surface area contributed by atoms with E-state index in [1.165, 1.54) is 0 Å². The van der Waals surface area contributed by atoms with E-state index >= 15 is 0 Å². The van der Waals surface area contributed by atoms with Gasteiger partial charge in [0.1, 0.15) is 0 Å². The molecule has 4 heteroatoms. The summed E-state index contributed by atoms with van der Waals surface area (Å²) in [4.78, 5) is 11.5. The van der Waals surface area contributed by atoms with E-state index in [-0.39, 0.29) is 11.9 Å². The topological polar surface area (TPSA) is 81.1 Å². The zero-order chi connectivity index (χ0) is 11.7. The Morgan fingerprint density at radius 2 is 2.20 bits per heavy atom. The number of carbonyl (C=O) groups excluding carboxylic acids is 1. The summed E-state index contributed by atoms with van der Waals surface area (Å²) in [6.07, 6.45) is 5.24. The van der Waals surface area contributed by atoms with Crippen molar-refractivity contribution >= 4 is 5.91 Å². The molecule has 1 amide bonds. The maximum atomic E-state index is 11.5. The Labute approximate surface area is 92.1 Å². The second-order valence-electron chi connectivity index (χ2n) is 3.65. The average Bonchev–Trinajstić information content (AvgIpc) is 2.26. The Balaban J connectivity index is 3.87. The van der Waals surface area contributed by atoms with E-state index in [1.54, 1.807) is 6.08 Å². The van der Waals surface area contributed by atoms with Crippen LogP contribution in [0.25, 0.3) is 0 Å². The third-order valence-corrected chi connectivity index (χ3v) is 2.36. The molecule has 0 aromatic rings. The van der Waals surface area contributed by atoms with E-state index in [0.717, 1.165) is 19.3 Å². The first-order valence-electron chi connectivity index (χ1n) is 5.54. The van der Waals surface area contributed by atoms with Gasteiger partial charge in [0.25, 0.3) is 0 Å². The number of rotatable bonds is 8. The standard InChI is InChI=1S/C11H23N3O/c1-3-9(7-5-6-8-12)14-11(15)10(13)4-2/h3,9-10H,1,4-8,12-13H2,2H3,(H,14,15). The van der Waals surface area contributed by atoms with Crippen LogP contribution in [-0.4, -0.2) is 24.5 Å². The minimum Gasteiger partial charge on any atom is -0.349 e. The van der Waals surface area contributed by atoms with Crippen molar-refractivity contribution in [1.82, 2.24) is 5.32 Å². The number of carbonyl (C=O) groups is 1. The highest BCUT2D eigenvalue weighted by molar-refractivity contribution is 5.81. The van der Waals surface area contributed by atoms with Gasteiger partial charge in [-0.25, -0.2) is 0 Å². The fourth-order valence-electron chi connectivity index (χ4n) is 1.23. The second-order valence-corrected chi connectivity index (χ2v) is 3.65. The number of unbranched alkanes of at least 4 members (excludes halogenated alkanes) is 1. The van der Waals surface area contributed by atoms with Gasteiger partial charge in [-0.1, -0.05) is 13.0 Å². The lowest BCUT2D eigenvalue weighted by molar-refractivity contribution is -0.122. The SMILES string of the molecule is C=CC(CCCCN)NC(=O)C(N)CC. The number of hydrogen-bond donors (Lipinski definition) is 3. The van der Waals surface area contributed by atoms with Gasteiger partial charge in [0.15, 0.2) is 0 Å². The summed E-state index contributed by atoms with van der Waals surface area (Å²) in [6, 6.07) is -0.399. The van der Waals surface area contributed by atoms with Crippen molar-refractivity contribution in [3.63, 3.8) is 0 Å². The number of nitrogens with one attached hydrogen (secondary N) is 1. The predicted octanol–water partition coefficient (Wildman–Crippen LogP) is 0.524. The van der Waals surface area contributed by atoms with Crippen LogP contribution in [-0.2, 0) is 4.79 Å². The summed E-state index contributed by atoms with van der Waals surface area (Å²) in [5.74, 6) is -0.102. The molecule has 0 rings (SSSR count). The van der Waals surface area contributed by atoms with Crippen molar-refractivity contribution in [1.29, 1.82) is 0 Å². The molecule has 5 N–H and O–H groups in total. The molecule has 0 aliphatic heterocycles. The van der Waals surface area contributed by atoms with Crippen LogP contribution in [0.15, 0.2) is 12.7 Å². The van der Waals surface area contributed by atoms with E-state index in [1.807, 2.05) is 6.92 Å². The van der Waals surface area contributed by atoms with Crippen LogP contribution in [0, 0.1) is 0 Å². The Morgan fingerprint density at radius 1 is 1.53 bits per heavy atom. The van der Waals surface area contributed by atoms with Crippen LogP contribution < -0.4 is 16.8 Å². The third kappa shape index (κ3) is 6.25. The smallest absolute Gasteiger partial charge is 0.237 e. The maximum Gasteiger partial charge on any atom is 0.237 e. The fourth-order valence-corrected chi connectivity index (χ4v) is 1.23. The monoisotopic (exact) mass is 213 g/mol. The summed E-state index contributed by atoms with van der Waals surface area (Å²) < 4.78 is 0. The fraction of sp³-hybridized carbons (Fsp3) is 0.727. The first-order valence-corrected chi connectivity index (χ1v) is 5.54. The van der Waals surface area contributed by atoms with Crippen molar-refractivity contribution < 1.29 is 4.79 Å². The van der Waals surface area contributed by atoms with Gasteiger partial charge in [-0.3, -0.25) is 4.79 Å². The highest BCUT2D eigenvalue weighted by Crippen LogP contribution is 2.01. The molecule has 2 atom stereocenters. The van der Waals surface area contributed by atoms with Crippen LogP contribution in [0.1, 0.15) is 32.6 Å². The molecule has 0 spiro atoms. The number of hydrogen-bond acceptors (Lipinski definition) is 3. The predicted molar refractivity (Wildman–Crippen MR) is 63.3 cm³/mol. The van der Waals surface area contributed by atoms with Crippen molar-refractivity contribution in [2.75, 3.05) is 6.54 Å². The summed E-state index contributed by atoms with van der Waals surface area (Å²) in [6.45, 7) is 6.27. The molecule has 0 bridgehead atoms. The largest absolute Gasteiger partial charge is 0.349 e. The van der Waals surface area contributed by atoms with Gasteiger partial charge in [0, 0.05) is 6.04 Å². The summed E-state index contributed by atoms with van der Waals surface area (Å²) >= 11 is 0. The van der Waals surface area contributed by atoms with Gasteiger partial charge in [0.2, 0.25) is 5.91 Å². The Kier molecular flexibility index (Phi) is 7.95. The molecule has 0 aromatic carbocycles. The lowest BCUT2D eigenvalue weighted by Gasteiger charge is -2.17. The van der Waals surface area contributed by atoms with Crippen molar-refractivity contribution in [3.8, 4) is 0 Å².